The average Bonchev–Trinajstić information content (AvgIpc) is 3.55. The average molecular weight is 545 g/mol. The molecule has 0 radical (unpaired) electrons. The number of aromatic nitrogens is 7. The quantitative estimate of drug-likeness (QED) is 0.304. The molecular weight excluding hydrogens is 508 g/mol. The second-order valence-corrected chi connectivity index (χ2v) is 11.0. The van der Waals surface area contributed by atoms with Gasteiger partial charge in [0.15, 0.2) is 5.69 Å². The Kier molecular flexibility index (Phi) is 7.90. The molecule has 5 rings (SSSR count). The summed E-state index contributed by atoms with van der Waals surface area (Å²) < 4.78 is 7.06. The number of H-pyrrole nitrogens is 1. The van der Waals surface area contributed by atoms with Crippen molar-refractivity contribution in [2.45, 2.75) is 52.2 Å². The van der Waals surface area contributed by atoms with Crippen molar-refractivity contribution >= 4 is 17.5 Å². The van der Waals surface area contributed by atoms with Gasteiger partial charge in [-0.2, -0.15) is 5.10 Å². The molecule has 0 spiro atoms. The number of amides is 1. The van der Waals surface area contributed by atoms with Gasteiger partial charge in [0.05, 0.1) is 41.5 Å². The van der Waals surface area contributed by atoms with E-state index >= 15 is 0 Å². The van der Waals surface area contributed by atoms with Crippen LogP contribution in [0.5, 0.6) is 0 Å². The molecule has 1 aliphatic rings. The summed E-state index contributed by atoms with van der Waals surface area (Å²) in [4.78, 5) is 24.7. The Bertz CT molecular complexity index is 1470. The molecule has 0 bridgehead atoms. The number of benzene rings is 1. The zero-order chi connectivity index (χ0) is 28.3. The molecule has 1 aliphatic heterocycles. The van der Waals surface area contributed by atoms with Crippen LogP contribution in [0.4, 0.5) is 11.6 Å². The van der Waals surface area contributed by atoms with Gasteiger partial charge in [-0.05, 0) is 57.4 Å². The summed E-state index contributed by atoms with van der Waals surface area (Å²) in [6.07, 6.45) is 5.98. The second-order valence-electron chi connectivity index (χ2n) is 11.0. The number of ether oxygens (including phenoxy) is 1. The number of methoxy groups -OCH3 is 1. The van der Waals surface area contributed by atoms with Crippen LogP contribution in [0.25, 0.3) is 11.3 Å². The molecule has 4 aromatic rings. The molecule has 0 saturated heterocycles. The Hall–Kier alpha value is -4.16. The minimum absolute atomic E-state index is 0.171. The number of carbonyl (C=O) groups is 1. The van der Waals surface area contributed by atoms with Gasteiger partial charge in [0.1, 0.15) is 0 Å². The van der Waals surface area contributed by atoms with E-state index < -0.39 is 0 Å². The van der Waals surface area contributed by atoms with Crippen LogP contribution in [0.3, 0.4) is 0 Å². The van der Waals surface area contributed by atoms with E-state index in [1.54, 1.807) is 30.4 Å². The Morgan fingerprint density at radius 3 is 2.83 bits per heavy atom. The molecule has 1 aromatic carbocycles. The normalized spacial score (nSPS) is 15.9. The van der Waals surface area contributed by atoms with Crippen LogP contribution in [0.2, 0.25) is 0 Å². The summed E-state index contributed by atoms with van der Waals surface area (Å²) in [6.45, 7) is 11.0. The minimum Gasteiger partial charge on any atom is -0.383 e. The van der Waals surface area contributed by atoms with Crippen molar-refractivity contribution in [2.24, 2.45) is 0 Å². The fourth-order valence-electron chi connectivity index (χ4n) is 4.70. The van der Waals surface area contributed by atoms with Crippen LogP contribution in [0, 0.1) is 6.92 Å². The molecule has 0 fully saturated rings. The van der Waals surface area contributed by atoms with Gasteiger partial charge in [0, 0.05) is 44.7 Å². The van der Waals surface area contributed by atoms with Gasteiger partial charge in [0.25, 0.3) is 5.91 Å². The van der Waals surface area contributed by atoms with Gasteiger partial charge < -0.3 is 15.4 Å². The minimum atomic E-state index is -0.258. The van der Waals surface area contributed by atoms with Crippen LogP contribution < -0.4 is 10.6 Å². The molecule has 12 nitrogen and oxygen atoms in total. The van der Waals surface area contributed by atoms with E-state index in [4.69, 9.17) is 9.72 Å². The Labute approximate surface area is 233 Å². The maximum absolute atomic E-state index is 13.2. The molecule has 3 N–H and O–H groups in total. The summed E-state index contributed by atoms with van der Waals surface area (Å²) in [6, 6.07) is 8.03. The van der Waals surface area contributed by atoms with Gasteiger partial charge in [-0.3, -0.25) is 14.8 Å². The third-order valence-electron chi connectivity index (χ3n) is 7.01. The molecule has 4 heterocycles. The Balaban J connectivity index is 1.42. The molecule has 1 atom stereocenters. The maximum atomic E-state index is 13.2. The van der Waals surface area contributed by atoms with Crippen LogP contribution in [-0.4, -0.2) is 72.8 Å². The lowest BCUT2D eigenvalue weighted by Crippen LogP contribution is -2.31. The van der Waals surface area contributed by atoms with E-state index in [9.17, 15) is 4.79 Å². The van der Waals surface area contributed by atoms with E-state index in [1.165, 1.54) is 0 Å². The molecule has 3 aromatic heterocycles. The zero-order valence-corrected chi connectivity index (χ0v) is 23.6. The van der Waals surface area contributed by atoms with Crippen LogP contribution in [0.15, 0.2) is 42.9 Å². The molecule has 40 heavy (non-hydrogen) atoms. The molecule has 1 unspecified atom stereocenters. The van der Waals surface area contributed by atoms with Gasteiger partial charge >= 0.3 is 0 Å². The maximum Gasteiger partial charge on any atom is 0.273 e. The first-order valence-corrected chi connectivity index (χ1v) is 13.4. The smallest absolute Gasteiger partial charge is 0.273 e. The summed E-state index contributed by atoms with van der Waals surface area (Å²) in [5, 5.41) is 21.7. The third kappa shape index (κ3) is 6.18. The van der Waals surface area contributed by atoms with Crippen molar-refractivity contribution in [2.75, 3.05) is 32.1 Å². The third-order valence-corrected chi connectivity index (χ3v) is 7.01. The van der Waals surface area contributed by atoms with E-state index in [-0.39, 0.29) is 17.5 Å². The largest absolute Gasteiger partial charge is 0.383 e. The highest BCUT2D eigenvalue weighted by atomic mass is 16.5. The number of anilines is 2. The van der Waals surface area contributed by atoms with Crippen molar-refractivity contribution in [3.8, 4) is 11.3 Å². The number of carbonyl (C=O) groups excluding carboxylic acids is 1. The molecular formula is C28H36N10O2. The first-order valence-electron chi connectivity index (χ1n) is 13.4. The van der Waals surface area contributed by atoms with E-state index in [0.29, 0.717) is 18.2 Å². The topological polar surface area (TPSA) is 139 Å². The number of hydrogen-bond acceptors (Lipinski definition) is 9. The predicted molar refractivity (Wildman–Crippen MR) is 151 cm³/mol. The van der Waals surface area contributed by atoms with Crippen molar-refractivity contribution in [3.63, 3.8) is 0 Å². The lowest BCUT2D eigenvalue weighted by molar-refractivity contribution is 0.0925. The number of aromatic amines is 1. The van der Waals surface area contributed by atoms with Crippen molar-refractivity contribution in [3.05, 3.63) is 65.4 Å². The highest BCUT2D eigenvalue weighted by Gasteiger charge is 2.26. The Morgan fingerprint density at radius 2 is 2.10 bits per heavy atom. The second kappa shape index (κ2) is 11.5. The summed E-state index contributed by atoms with van der Waals surface area (Å²) >= 11 is 0. The van der Waals surface area contributed by atoms with Crippen molar-refractivity contribution < 1.29 is 9.53 Å². The monoisotopic (exact) mass is 544 g/mol. The van der Waals surface area contributed by atoms with Gasteiger partial charge in [-0.1, -0.05) is 17.3 Å². The molecule has 210 valence electrons. The van der Waals surface area contributed by atoms with E-state index in [2.05, 4.69) is 53.2 Å². The first kappa shape index (κ1) is 27.4. The number of nitrogens with one attached hydrogen (secondary N) is 3. The summed E-state index contributed by atoms with van der Waals surface area (Å²) in [5.41, 5.74) is 5.70. The highest BCUT2D eigenvalue weighted by molar-refractivity contribution is 5.92. The highest BCUT2D eigenvalue weighted by Crippen LogP contribution is 2.31. The summed E-state index contributed by atoms with van der Waals surface area (Å²) in [5.74, 6) is 0.258. The fraction of sp³-hybridized carbons (Fsp3) is 0.429. The molecule has 0 aliphatic carbocycles. The van der Waals surface area contributed by atoms with Crippen LogP contribution >= 0.6 is 0 Å². The lowest BCUT2D eigenvalue weighted by Gasteiger charge is -2.20. The predicted octanol–water partition coefficient (Wildman–Crippen LogP) is 3.59. The van der Waals surface area contributed by atoms with Gasteiger partial charge in [-0.25, -0.2) is 14.6 Å². The van der Waals surface area contributed by atoms with Gasteiger partial charge in [-0.15, -0.1) is 5.10 Å². The van der Waals surface area contributed by atoms with E-state index in [1.807, 2.05) is 39.8 Å². The fourth-order valence-corrected chi connectivity index (χ4v) is 4.70. The first-order chi connectivity index (χ1) is 19.2. The molecule has 1 amide bonds. The number of fused-ring (bicyclic) bond motifs is 1. The standard InChI is InChI=1S/C28H36N10O2/c1-18-24(15-30-34-18)33-27-29-10-8-22(32-27)19-6-7-21-20(14-19)16-37(12-13-40-5)11-9-23(21)31-26(39)25-17-38(36-35-25)28(2,3)4/h6-8,10,14-15,17,23H,9,11-13,16H2,1-5H3,(H,30,34)(H,31,39)(H,29,32,33). The van der Waals surface area contributed by atoms with Gasteiger partial charge in [0.2, 0.25) is 5.95 Å². The summed E-state index contributed by atoms with van der Waals surface area (Å²) in [7, 11) is 1.71. The van der Waals surface area contributed by atoms with Crippen LogP contribution in [0.1, 0.15) is 60.5 Å². The SMILES string of the molecule is COCCN1CCC(NC(=O)c2cn(C(C)(C)C)nn2)c2ccc(-c3ccnc(Nc4c[nH]nc4C)n3)cc2C1. The molecule has 12 heteroatoms. The number of rotatable bonds is 8. The molecule has 0 saturated carbocycles. The lowest BCUT2D eigenvalue weighted by atomic mass is 9.96. The zero-order valence-electron chi connectivity index (χ0n) is 23.6. The van der Waals surface area contributed by atoms with Crippen molar-refractivity contribution in [1.29, 1.82) is 0 Å². The Morgan fingerprint density at radius 1 is 1.25 bits per heavy atom. The van der Waals surface area contributed by atoms with E-state index in [0.717, 1.165) is 59.8 Å². The number of hydrogen-bond donors (Lipinski definition) is 3. The van der Waals surface area contributed by atoms with Crippen LogP contribution in [-0.2, 0) is 16.8 Å². The van der Waals surface area contributed by atoms with Crippen molar-refractivity contribution in [1.82, 2.24) is 45.4 Å². The number of aryl methyl sites for hydroxylation is 1. The number of nitrogens with zero attached hydrogens (tertiary/aromatic N) is 7.